The summed E-state index contributed by atoms with van der Waals surface area (Å²) in [7, 11) is 1.32. The minimum atomic E-state index is -0.731. The van der Waals surface area contributed by atoms with E-state index in [1.165, 1.54) is 30.2 Å². The average molecular weight is 416 g/mol. The fourth-order valence-electron chi connectivity index (χ4n) is 1.94. The Kier molecular flexibility index (Phi) is 7.24. The average Bonchev–Trinajstić information content (AvgIpc) is 3.04. The number of hydrogen-bond donors (Lipinski definition) is 1. The lowest BCUT2D eigenvalue weighted by atomic mass is 10.1. The van der Waals surface area contributed by atoms with Gasteiger partial charge >= 0.3 is 5.97 Å². The van der Waals surface area contributed by atoms with Gasteiger partial charge in [0.15, 0.2) is 10.4 Å². The van der Waals surface area contributed by atoms with Crippen LogP contribution in [-0.2, 0) is 14.3 Å². The van der Waals surface area contributed by atoms with Gasteiger partial charge in [-0.2, -0.15) is 0 Å². The highest BCUT2D eigenvalue weighted by Crippen LogP contribution is 2.27. The molecule has 0 saturated carbocycles. The van der Waals surface area contributed by atoms with E-state index in [0.717, 1.165) is 11.1 Å². The van der Waals surface area contributed by atoms with E-state index in [0.29, 0.717) is 20.2 Å². The molecule has 140 valence electrons. The highest BCUT2D eigenvalue weighted by atomic mass is 35.5. The van der Waals surface area contributed by atoms with Gasteiger partial charge in [0.1, 0.15) is 5.75 Å². The van der Waals surface area contributed by atoms with E-state index in [9.17, 15) is 9.59 Å². The largest absolute Gasteiger partial charge is 0.481 e. The number of aromatic nitrogens is 2. The molecule has 0 spiro atoms. The van der Waals surface area contributed by atoms with E-state index >= 15 is 0 Å². The van der Waals surface area contributed by atoms with E-state index in [4.69, 9.17) is 16.3 Å². The summed E-state index contributed by atoms with van der Waals surface area (Å²) >= 11 is 8.50. The van der Waals surface area contributed by atoms with Gasteiger partial charge < -0.3 is 9.47 Å². The molecule has 1 aromatic carbocycles. The van der Waals surface area contributed by atoms with Gasteiger partial charge in [-0.3, -0.25) is 14.9 Å². The molecule has 1 amide bonds. The lowest BCUT2D eigenvalue weighted by molar-refractivity contribution is -0.137. The number of hydrogen-bond acceptors (Lipinski definition) is 8. The molecule has 10 heteroatoms. The number of thioether (sulfide) groups is 1. The van der Waals surface area contributed by atoms with Gasteiger partial charge in [-0.25, -0.2) is 0 Å². The van der Waals surface area contributed by atoms with Gasteiger partial charge in [-0.05, 0) is 44.0 Å². The van der Waals surface area contributed by atoms with Crippen molar-refractivity contribution in [2.45, 2.75) is 31.2 Å². The van der Waals surface area contributed by atoms with Crippen LogP contribution in [0.5, 0.6) is 5.75 Å². The molecular formula is C16H18ClN3O4S2. The van der Waals surface area contributed by atoms with Crippen molar-refractivity contribution in [3.8, 4) is 5.75 Å². The minimum Gasteiger partial charge on any atom is -0.481 e. The van der Waals surface area contributed by atoms with Crippen LogP contribution in [0.3, 0.4) is 0 Å². The van der Waals surface area contributed by atoms with E-state index in [1.54, 1.807) is 19.1 Å². The number of anilines is 1. The normalized spacial score (nSPS) is 11.7. The standard InChI is InChI=1S/C16H18ClN3O4S2/c1-8-5-11(6-9(2)13(8)17)24-10(3)14(22)18-15-19-20-16(26-15)25-7-12(21)23-4/h5-6,10H,7H2,1-4H3,(H,18,19,22)/t10-/m1/s1. The molecule has 0 bridgehead atoms. The van der Waals surface area contributed by atoms with Gasteiger partial charge in [-0.1, -0.05) is 34.7 Å². The monoisotopic (exact) mass is 415 g/mol. The molecule has 0 aliphatic heterocycles. The number of aryl methyl sites for hydroxylation is 2. The minimum absolute atomic E-state index is 0.133. The Morgan fingerprint density at radius 3 is 2.58 bits per heavy atom. The third-order valence-electron chi connectivity index (χ3n) is 3.27. The van der Waals surface area contributed by atoms with Crippen LogP contribution in [0.2, 0.25) is 5.02 Å². The summed E-state index contributed by atoms with van der Waals surface area (Å²) in [5.41, 5.74) is 1.76. The molecule has 0 unspecified atom stereocenters. The smallest absolute Gasteiger partial charge is 0.316 e. The number of carbonyl (C=O) groups is 2. The molecule has 0 saturated heterocycles. The van der Waals surface area contributed by atoms with Crippen LogP contribution in [0.15, 0.2) is 16.5 Å². The Morgan fingerprint density at radius 1 is 1.31 bits per heavy atom. The second-order valence-corrected chi connectivity index (χ2v) is 7.94. The quantitative estimate of drug-likeness (QED) is 0.420. The number of carbonyl (C=O) groups excluding carboxylic acids is 2. The van der Waals surface area contributed by atoms with Crippen LogP contribution in [-0.4, -0.2) is 41.0 Å². The maximum Gasteiger partial charge on any atom is 0.316 e. The number of halogens is 1. The first-order chi connectivity index (χ1) is 12.3. The zero-order valence-electron chi connectivity index (χ0n) is 14.7. The molecule has 7 nitrogen and oxygen atoms in total. The molecule has 0 aliphatic carbocycles. The van der Waals surface area contributed by atoms with Crippen molar-refractivity contribution in [3.05, 3.63) is 28.3 Å². The number of nitrogens with zero attached hydrogens (tertiary/aromatic N) is 2. The number of rotatable bonds is 7. The molecule has 1 N–H and O–H groups in total. The fourth-order valence-corrected chi connectivity index (χ4v) is 3.63. The number of esters is 1. The summed E-state index contributed by atoms with van der Waals surface area (Å²) in [5.74, 6) is -0.00524. The molecule has 2 aromatic rings. The highest BCUT2D eigenvalue weighted by Gasteiger charge is 2.18. The SMILES string of the molecule is COC(=O)CSc1nnc(NC(=O)[C@@H](C)Oc2cc(C)c(Cl)c(C)c2)s1. The first-order valence-corrected chi connectivity index (χ1v) is 9.75. The van der Waals surface area contributed by atoms with Gasteiger partial charge in [0, 0.05) is 5.02 Å². The van der Waals surface area contributed by atoms with E-state index < -0.39 is 6.10 Å². The Morgan fingerprint density at radius 2 is 1.96 bits per heavy atom. The lowest BCUT2D eigenvalue weighted by Crippen LogP contribution is -2.30. The van der Waals surface area contributed by atoms with Crippen LogP contribution in [0.1, 0.15) is 18.1 Å². The van der Waals surface area contributed by atoms with Crippen molar-refractivity contribution in [3.63, 3.8) is 0 Å². The fraction of sp³-hybridized carbons (Fsp3) is 0.375. The number of ether oxygens (including phenoxy) is 2. The van der Waals surface area contributed by atoms with E-state index in [1.807, 2.05) is 13.8 Å². The Bertz CT molecular complexity index is 790. The zero-order valence-corrected chi connectivity index (χ0v) is 17.0. The topological polar surface area (TPSA) is 90.4 Å². The molecule has 0 fully saturated rings. The second-order valence-electron chi connectivity index (χ2n) is 5.36. The van der Waals surface area contributed by atoms with Crippen LogP contribution in [0.25, 0.3) is 0 Å². The van der Waals surface area contributed by atoms with Crippen LogP contribution in [0, 0.1) is 13.8 Å². The summed E-state index contributed by atoms with van der Waals surface area (Å²) in [6, 6.07) is 3.57. The number of nitrogens with one attached hydrogen (secondary N) is 1. The van der Waals surface area contributed by atoms with Crippen molar-refractivity contribution in [2.75, 3.05) is 18.2 Å². The third-order valence-corrected chi connectivity index (χ3v) is 5.81. The number of methoxy groups -OCH3 is 1. The molecule has 1 atom stereocenters. The Hall–Kier alpha value is -1.84. The van der Waals surface area contributed by atoms with Crippen molar-refractivity contribution < 1.29 is 19.1 Å². The Balaban J connectivity index is 1.93. The Labute approximate surface area is 164 Å². The zero-order chi connectivity index (χ0) is 19.3. The summed E-state index contributed by atoms with van der Waals surface area (Å²) in [6.45, 7) is 5.39. The number of benzene rings is 1. The van der Waals surface area contributed by atoms with Crippen LogP contribution in [0.4, 0.5) is 5.13 Å². The van der Waals surface area contributed by atoms with Crippen LogP contribution < -0.4 is 10.1 Å². The molecule has 1 aromatic heterocycles. The molecule has 2 rings (SSSR count). The van der Waals surface area contributed by atoms with Gasteiger partial charge in [0.05, 0.1) is 12.9 Å². The predicted octanol–water partition coefficient (Wildman–Crippen LogP) is 3.48. The van der Waals surface area contributed by atoms with Crippen molar-refractivity contribution in [1.29, 1.82) is 0 Å². The molecule has 0 radical (unpaired) electrons. The van der Waals surface area contributed by atoms with Gasteiger partial charge in [0.2, 0.25) is 5.13 Å². The lowest BCUT2D eigenvalue weighted by Gasteiger charge is -2.15. The first-order valence-electron chi connectivity index (χ1n) is 7.57. The summed E-state index contributed by atoms with van der Waals surface area (Å²) in [5, 5.41) is 11.5. The first kappa shape index (κ1) is 20.5. The molecule has 0 aliphatic rings. The van der Waals surface area contributed by atoms with E-state index in [-0.39, 0.29) is 17.6 Å². The summed E-state index contributed by atoms with van der Waals surface area (Å²) < 4.78 is 10.8. The predicted molar refractivity (Wildman–Crippen MR) is 102 cm³/mol. The third kappa shape index (κ3) is 5.58. The van der Waals surface area contributed by atoms with Crippen molar-refractivity contribution in [1.82, 2.24) is 10.2 Å². The van der Waals surface area contributed by atoms with Crippen LogP contribution >= 0.6 is 34.7 Å². The maximum atomic E-state index is 12.3. The van der Waals surface area contributed by atoms with Crippen molar-refractivity contribution >= 4 is 51.7 Å². The van der Waals surface area contributed by atoms with Gasteiger partial charge in [-0.15, -0.1) is 10.2 Å². The highest BCUT2D eigenvalue weighted by molar-refractivity contribution is 8.01. The molecule has 26 heavy (non-hydrogen) atoms. The van der Waals surface area contributed by atoms with Crippen molar-refractivity contribution in [2.24, 2.45) is 0 Å². The second kappa shape index (κ2) is 9.20. The van der Waals surface area contributed by atoms with E-state index in [2.05, 4.69) is 20.3 Å². The molecular weight excluding hydrogens is 398 g/mol. The summed E-state index contributed by atoms with van der Waals surface area (Å²) in [4.78, 5) is 23.4. The number of amides is 1. The molecule has 1 heterocycles. The van der Waals surface area contributed by atoms with Gasteiger partial charge in [0.25, 0.3) is 5.91 Å². The summed E-state index contributed by atoms with van der Waals surface area (Å²) in [6.07, 6.45) is -0.731. The maximum absolute atomic E-state index is 12.3.